The van der Waals surface area contributed by atoms with E-state index in [1.165, 1.54) is 44.9 Å². The van der Waals surface area contributed by atoms with Gasteiger partial charge in [0, 0.05) is 0 Å². The molecule has 0 unspecified atom stereocenters. The van der Waals surface area contributed by atoms with Gasteiger partial charge in [0.15, 0.2) is 0 Å². The van der Waals surface area contributed by atoms with Gasteiger partial charge in [0.1, 0.15) is 0 Å². The average molecular weight is 377 g/mol. The van der Waals surface area contributed by atoms with Crippen molar-refractivity contribution in [3.63, 3.8) is 0 Å². The normalized spacial score (nSPS) is 51.2. The number of aliphatic hydroxyl groups excluding tert-OH is 1. The molecule has 4 rings (SSSR count). The molecule has 0 aliphatic heterocycles. The summed E-state index contributed by atoms with van der Waals surface area (Å²) in [5.41, 5.74) is 0.434. The molecule has 2 nitrogen and oxygen atoms in total. The van der Waals surface area contributed by atoms with E-state index in [0.717, 1.165) is 48.9 Å². The van der Waals surface area contributed by atoms with Crippen molar-refractivity contribution in [3.05, 3.63) is 0 Å². The number of hydrogen-bond donors (Lipinski definition) is 2. The molecule has 2 N–H and O–H groups in total. The van der Waals surface area contributed by atoms with Crippen LogP contribution in [0.15, 0.2) is 0 Å². The molecule has 0 aromatic rings. The summed E-state index contributed by atoms with van der Waals surface area (Å²) in [4.78, 5) is 0. The van der Waals surface area contributed by atoms with E-state index in [2.05, 4.69) is 20.8 Å². The molecular formula is C25H44O2. The maximum absolute atomic E-state index is 10.4. The van der Waals surface area contributed by atoms with Crippen LogP contribution in [0.3, 0.4) is 0 Å². The first-order valence-electron chi connectivity index (χ1n) is 11.9. The smallest absolute Gasteiger partial charge is 0.0594 e. The Labute approximate surface area is 167 Å². The third-order valence-electron chi connectivity index (χ3n) is 10.2. The van der Waals surface area contributed by atoms with Crippen molar-refractivity contribution in [2.24, 2.45) is 46.3 Å². The lowest BCUT2D eigenvalue weighted by Crippen LogP contribution is -2.54. The number of aliphatic hydroxyl groups is 2. The highest BCUT2D eigenvalue weighted by Gasteiger charge is 2.60. The minimum atomic E-state index is -0.542. The molecule has 0 radical (unpaired) electrons. The van der Waals surface area contributed by atoms with Crippen molar-refractivity contribution < 1.29 is 10.2 Å². The van der Waals surface area contributed by atoms with Gasteiger partial charge in [0.2, 0.25) is 0 Å². The average Bonchev–Trinajstić information content (AvgIpc) is 2.91. The van der Waals surface area contributed by atoms with Crippen LogP contribution < -0.4 is 0 Å². The maximum atomic E-state index is 10.4. The molecule has 4 fully saturated rings. The Bertz CT molecular complexity index is 551. The van der Waals surface area contributed by atoms with Gasteiger partial charge >= 0.3 is 0 Å². The lowest BCUT2D eigenvalue weighted by Gasteiger charge is -2.61. The van der Waals surface area contributed by atoms with Gasteiger partial charge in [-0.25, -0.2) is 0 Å². The summed E-state index contributed by atoms with van der Waals surface area (Å²) in [6.45, 7) is 11.6. The zero-order valence-electron chi connectivity index (χ0n) is 18.5. The molecule has 0 bridgehead atoms. The van der Waals surface area contributed by atoms with Crippen LogP contribution in [-0.2, 0) is 0 Å². The Hall–Kier alpha value is -0.0800. The monoisotopic (exact) mass is 376 g/mol. The molecule has 4 aliphatic carbocycles. The SMILES string of the molecule is C[C@H](CC(C)(C)O)[C@@H]1CC[C@@H]2[C@H]3CC[C@H]4C[C@@H](O)CC[C@]4(C)[C@@H]3CC[C@@]21C. The molecule has 0 heterocycles. The third kappa shape index (κ3) is 3.31. The van der Waals surface area contributed by atoms with Crippen LogP contribution in [0.5, 0.6) is 0 Å². The van der Waals surface area contributed by atoms with Gasteiger partial charge in [0.05, 0.1) is 11.7 Å². The van der Waals surface area contributed by atoms with Crippen molar-refractivity contribution in [3.8, 4) is 0 Å². The van der Waals surface area contributed by atoms with E-state index in [1.807, 2.05) is 13.8 Å². The van der Waals surface area contributed by atoms with Crippen LogP contribution in [-0.4, -0.2) is 21.9 Å². The van der Waals surface area contributed by atoms with Gasteiger partial charge in [0.25, 0.3) is 0 Å². The molecule has 0 spiro atoms. The van der Waals surface area contributed by atoms with Crippen molar-refractivity contribution in [1.82, 2.24) is 0 Å². The van der Waals surface area contributed by atoms with E-state index in [-0.39, 0.29) is 6.10 Å². The van der Waals surface area contributed by atoms with Crippen LogP contribution in [0.2, 0.25) is 0 Å². The Morgan fingerprint density at radius 1 is 0.926 bits per heavy atom. The summed E-state index contributed by atoms with van der Waals surface area (Å²) in [6.07, 6.45) is 12.6. The number of fused-ring (bicyclic) bond motifs is 5. The predicted octanol–water partition coefficient (Wildman–Crippen LogP) is 5.80. The highest BCUT2D eigenvalue weighted by molar-refractivity contribution is 5.09. The Morgan fingerprint density at radius 3 is 2.30 bits per heavy atom. The van der Waals surface area contributed by atoms with Crippen LogP contribution >= 0.6 is 0 Å². The molecule has 4 saturated carbocycles. The molecule has 9 atom stereocenters. The minimum absolute atomic E-state index is 0.0352. The van der Waals surface area contributed by atoms with Crippen molar-refractivity contribution in [2.75, 3.05) is 0 Å². The summed E-state index contributed by atoms with van der Waals surface area (Å²) < 4.78 is 0. The summed E-state index contributed by atoms with van der Waals surface area (Å²) in [7, 11) is 0. The maximum Gasteiger partial charge on any atom is 0.0594 e. The Morgan fingerprint density at radius 2 is 1.59 bits per heavy atom. The topological polar surface area (TPSA) is 40.5 Å². The van der Waals surface area contributed by atoms with Crippen LogP contribution in [0.25, 0.3) is 0 Å². The van der Waals surface area contributed by atoms with E-state index < -0.39 is 5.60 Å². The molecule has 0 saturated heterocycles. The van der Waals surface area contributed by atoms with Crippen LogP contribution in [0.1, 0.15) is 98.8 Å². The second-order valence-electron chi connectivity index (χ2n) is 12.3. The first-order chi connectivity index (χ1) is 12.5. The summed E-state index contributed by atoms with van der Waals surface area (Å²) in [6, 6.07) is 0. The van der Waals surface area contributed by atoms with E-state index in [1.54, 1.807) is 0 Å². The van der Waals surface area contributed by atoms with Crippen LogP contribution in [0, 0.1) is 46.3 Å². The number of hydrogen-bond acceptors (Lipinski definition) is 2. The van der Waals surface area contributed by atoms with Gasteiger partial charge in [-0.05, 0) is 124 Å². The molecule has 156 valence electrons. The third-order valence-corrected chi connectivity index (χ3v) is 10.2. The van der Waals surface area contributed by atoms with Crippen molar-refractivity contribution >= 4 is 0 Å². The lowest BCUT2D eigenvalue weighted by atomic mass is 9.44. The van der Waals surface area contributed by atoms with Gasteiger partial charge in [-0.3, -0.25) is 0 Å². The Kier molecular flexibility index (Phi) is 5.03. The molecule has 2 heteroatoms. The quantitative estimate of drug-likeness (QED) is 0.653. The molecule has 4 aliphatic rings. The van der Waals surface area contributed by atoms with E-state index in [9.17, 15) is 10.2 Å². The fourth-order valence-corrected chi connectivity index (χ4v) is 9.14. The zero-order valence-corrected chi connectivity index (χ0v) is 18.5. The highest BCUT2D eigenvalue weighted by atomic mass is 16.3. The molecule has 0 amide bonds. The standard InChI is InChI=1S/C25H44O2/c1-16(15-23(2,3)27)20-8-9-21-19-7-6-17-14-18(26)10-12-24(17,4)22(19)11-13-25(20,21)5/h16-22,26-27H,6-15H2,1-5H3/t16-,17+,18+,19-,20+,21-,22-,24+,25-/m1/s1. The van der Waals surface area contributed by atoms with Gasteiger partial charge in [-0.2, -0.15) is 0 Å². The fraction of sp³-hybridized carbons (Fsp3) is 1.00. The highest BCUT2D eigenvalue weighted by Crippen LogP contribution is 2.68. The summed E-state index contributed by atoms with van der Waals surface area (Å²) in [5.74, 6) is 4.87. The molecule has 27 heavy (non-hydrogen) atoms. The first-order valence-corrected chi connectivity index (χ1v) is 11.9. The molecular weight excluding hydrogens is 332 g/mol. The van der Waals surface area contributed by atoms with E-state index >= 15 is 0 Å². The zero-order chi connectivity index (χ0) is 19.6. The van der Waals surface area contributed by atoms with Gasteiger partial charge in [-0.1, -0.05) is 20.8 Å². The van der Waals surface area contributed by atoms with Gasteiger partial charge < -0.3 is 10.2 Å². The summed E-state index contributed by atoms with van der Waals surface area (Å²) in [5, 5.41) is 20.6. The van der Waals surface area contributed by atoms with Crippen LogP contribution in [0.4, 0.5) is 0 Å². The van der Waals surface area contributed by atoms with Crippen molar-refractivity contribution in [1.29, 1.82) is 0 Å². The van der Waals surface area contributed by atoms with E-state index in [4.69, 9.17) is 0 Å². The first kappa shape index (κ1) is 20.2. The summed E-state index contributed by atoms with van der Waals surface area (Å²) >= 11 is 0. The number of rotatable bonds is 3. The lowest BCUT2D eigenvalue weighted by molar-refractivity contribution is -0.130. The predicted molar refractivity (Wildman–Crippen MR) is 111 cm³/mol. The molecule has 0 aromatic heterocycles. The second kappa shape index (κ2) is 6.73. The minimum Gasteiger partial charge on any atom is -0.393 e. The molecule has 0 aromatic carbocycles. The Balaban J connectivity index is 1.54. The fourth-order valence-electron chi connectivity index (χ4n) is 9.14. The largest absolute Gasteiger partial charge is 0.393 e. The second-order valence-corrected chi connectivity index (χ2v) is 12.3. The van der Waals surface area contributed by atoms with E-state index in [0.29, 0.717) is 16.7 Å². The van der Waals surface area contributed by atoms with Crippen molar-refractivity contribution in [2.45, 2.75) is 111 Å². The van der Waals surface area contributed by atoms with Gasteiger partial charge in [-0.15, -0.1) is 0 Å².